The van der Waals surface area contributed by atoms with Gasteiger partial charge in [-0.15, -0.1) is 5.73 Å². The third kappa shape index (κ3) is 1.53. The summed E-state index contributed by atoms with van der Waals surface area (Å²) in [6.07, 6.45) is 19.0. The number of aryl methyl sites for hydroxylation is 1. The molecule has 0 atom stereocenters. The Balaban J connectivity index is 2.14. The van der Waals surface area contributed by atoms with Crippen molar-refractivity contribution < 1.29 is 0 Å². The third-order valence-electron chi connectivity index (χ3n) is 4.94. The van der Waals surface area contributed by atoms with Gasteiger partial charge in [0.1, 0.15) is 0 Å². The van der Waals surface area contributed by atoms with Crippen LogP contribution >= 0.6 is 0 Å². The highest BCUT2D eigenvalue weighted by atomic mass is 14.2. The van der Waals surface area contributed by atoms with Gasteiger partial charge in [0.2, 0.25) is 0 Å². The van der Waals surface area contributed by atoms with E-state index in [1.165, 1.54) is 43.5 Å². The first-order valence-electron chi connectivity index (χ1n) is 8.01. The van der Waals surface area contributed by atoms with Gasteiger partial charge >= 0.3 is 0 Å². The SMILES string of the molecule is C1=CC=c2c3c(c4cccc5c4c2C=CCC=5)CCC=C3C=1. The minimum atomic E-state index is 1.01. The van der Waals surface area contributed by atoms with Crippen molar-refractivity contribution in [2.75, 3.05) is 0 Å². The summed E-state index contributed by atoms with van der Waals surface area (Å²) in [7, 11) is 0. The van der Waals surface area contributed by atoms with E-state index < -0.39 is 0 Å². The van der Waals surface area contributed by atoms with Crippen molar-refractivity contribution in [1.29, 1.82) is 0 Å². The summed E-state index contributed by atoms with van der Waals surface area (Å²) in [5.74, 6) is 0. The monoisotopic (exact) mass is 280 g/mol. The highest BCUT2D eigenvalue weighted by Crippen LogP contribution is 2.32. The number of benzene rings is 2. The fourth-order valence-corrected chi connectivity index (χ4v) is 4.05. The van der Waals surface area contributed by atoms with Crippen LogP contribution in [-0.2, 0) is 6.42 Å². The second-order valence-corrected chi connectivity index (χ2v) is 6.14. The number of allylic oxidation sites excluding steroid dienone is 4. The fourth-order valence-electron chi connectivity index (χ4n) is 4.05. The number of rotatable bonds is 0. The first-order chi connectivity index (χ1) is 10.9. The van der Waals surface area contributed by atoms with E-state index in [1.54, 1.807) is 0 Å². The highest BCUT2D eigenvalue weighted by Gasteiger charge is 2.19. The molecule has 3 aliphatic rings. The molecule has 0 radical (unpaired) electrons. The molecule has 2 aromatic rings. The molecule has 0 fully saturated rings. The number of fused-ring (bicyclic) bond motifs is 2. The van der Waals surface area contributed by atoms with Crippen LogP contribution in [-0.4, -0.2) is 0 Å². The number of hydrogen-bond donors (Lipinski definition) is 0. The Labute approximate surface area is 129 Å². The predicted molar refractivity (Wildman–Crippen MR) is 94.7 cm³/mol. The topological polar surface area (TPSA) is 0 Å². The van der Waals surface area contributed by atoms with E-state index in [9.17, 15) is 0 Å². The zero-order chi connectivity index (χ0) is 14.5. The summed E-state index contributed by atoms with van der Waals surface area (Å²) in [4.78, 5) is 0. The van der Waals surface area contributed by atoms with Crippen molar-refractivity contribution >= 4 is 34.6 Å². The van der Waals surface area contributed by atoms with Gasteiger partial charge in [-0.25, -0.2) is 0 Å². The molecule has 0 aromatic heterocycles. The molecule has 0 saturated carbocycles. The van der Waals surface area contributed by atoms with Gasteiger partial charge in [0.15, 0.2) is 0 Å². The van der Waals surface area contributed by atoms with Crippen LogP contribution in [0.5, 0.6) is 0 Å². The van der Waals surface area contributed by atoms with Gasteiger partial charge in [0.05, 0.1) is 0 Å². The van der Waals surface area contributed by atoms with E-state index in [-0.39, 0.29) is 0 Å². The van der Waals surface area contributed by atoms with Crippen molar-refractivity contribution in [1.82, 2.24) is 0 Å². The third-order valence-corrected chi connectivity index (χ3v) is 4.94. The summed E-state index contributed by atoms with van der Waals surface area (Å²) in [5.41, 5.74) is 8.96. The molecule has 2 aromatic carbocycles. The Kier molecular flexibility index (Phi) is 2.44. The molecule has 5 rings (SSSR count). The quantitative estimate of drug-likeness (QED) is 0.643. The van der Waals surface area contributed by atoms with Gasteiger partial charge in [0, 0.05) is 0 Å². The molecule has 0 spiro atoms. The maximum atomic E-state index is 3.30. The first kappa shape index (κ1) is 12.0. The van der Waals surface area contributed by atoms with Gasteiger partial charge in [-0.1, -0.05) is 42.5 Å². The standard InChI is InChI=1S/C22H16/c1-3-11-17-18-12-4-2-8-16-10-6-14-20(22(16)18)19-13-5-9-15(7-1)21(17)19/h3-5,7-13H,1,6,14H2. The van der Waals surface area contributed by atoms with Crippen LogP contribution in [0.3, 0.4) is 0 Å². The zero-order valence-electron chi connectivity index (χ0n) is 12.4. The molecule has 0 unspecified atom stereocenters. The first-order valence-corrected chi connectivity index (χ1v) is 8.01. The summed E-state index contributed by atoms with van der Waals surface area (Å²) >= 11 is 0. The minimum Gasteiger partial charge on any atom is -0.120 e. The average Bonchev–Trinajstić information content (AvgIpc) is 2.90. The lowest BCUT2D eigenvalue weighted by Gasteiger charge is -2.21. The molecular formula is C22H16. The second-order valence-electron chi connectivity index (χ2n) is 6.14. The molecule has 0 N–H and O–H groups in total. The van der Waals surface area contributed by atoms with Gasteiger partial charge < -0.3 is 0 Å². The van der Waals surface area contributed by atoms with Crippen molar-refractivity contribution in [3.05, 3.63) is 75.4 Å². The fraction of sp³-hybridized carbons (Fsp3) is 0.136. The molecule has 22 heavy (non-hydrogen) atoms. The predicted octanol–water partition coefficient (Wildman–Crippen LogP) is 3.87. The van der Waals surface area contributed by atoms with E-state index in [0.29, 0.717) is 0 Å². The Morgan fingerprint density at radius 1 is 1.09 bits per heavy atom. The van der Waals surface area contributed by atoms with Gasteiger partial charge in [-0.2, -0.15) is 0 Å². The molecular weight excluding hydrogens is 264 g/mol. The van der Waals surface area contributed by atoms with Crippen molar-refractivity contribution in [2.24, 2.45) is 0 Å². The second kappa shape index (κ2) is 4.47. The van der Waals surface area contributed by atoms with Crippen LogP contribution in [0, 0.1) is 0 Å². The lowest BCUT2D eigenvalue weighted by atomic mass is 9.83. The Morgan fingerprint density at radius 2 is 2.09 bits per heavy atom. The molecule has 0 nitrogen and oxygen atoms in total. The zero-order valence-corrected chi connectivity index (χ0v) is 12.4. The van der Waals surface area contributed by atoms with E-state index in [1.807, 2.05) is 0 Å². The molecule has 0 bridgehead atoms. The Hall–Kier alpha value is -2.56. The van der Waals surface area contributed by atoms with E-state index in [2.05, 4.69) is 66.5 Å². The Morgan fingerprint density at radius 3 is 3.09 bits per heavy atom. The molecule has 3 aliphatic carbocycles. The normalized spacial score (nSPS) is 17.2. The van der Waals surface area contributed by atoms with Crippen LogP contribution < -0.4 is 10.4 Å². The van der Waals surface area contributed by atoms with E-state index in [4.69, 9.17) is 0 Å². The van der Waals surface area contributed by atoms with E-state index >= 15 is 0 Å². The molecule has 104 valence electrons. The molecule has 0 saturated heterocycles. The maximum Gasteiger partial charge on any atom is -0.00328 e. The van der Waals surface area contributed by atoms with Crippen LogP contribution in [0.15, 0.2) is 48.2 Å². The van der Waals surface area contributed by atoms with Gasteiger partial charge in [-0.3, -0.25) is 0 Å². The molecule has 0 heteroatoms. The smallest absolute Gasteiger partial charge is 0.00328 e. The van der Waals surface area contributed by atoms with Crippen molar-refractivity contribution in [3.8, 4) is 0 Å². The minimum absolute atomic E-state index is 1.01. The molecule has 0 aliphatic heterocycles. The number of hydrogen-bond acceptors (Lipinski definition) is 0. The van der Waals surface area contributed by atoms with Crippen LogP contribution in [0.2, 0.25) is 0 Å². The summed E-state index contributed by atoms with van der Waals surface area (Å²) in [6, 6.07) is 6.76. The summed E-state index contributed by atoms with van der Waals surface area (Å²) < 4.78 is 0. The van der Waals surface area contributed by atoms with Crippen LogP contribution in [0.4, 0.5) is 0 Å². The Bertz CT molecular complexity index is 1070. The average molecular weight is 280 g/mol. The lowest BCUT2D eigenvalue weighted by molar-refractivity contribution is 0.987. The van der Waals surface area contributed by atoms with Crippen molar-refractivity contribution in [3.63, 3.8) is 0 Å². The highest BCUT2D eigenvalue weighted by molar-refractivity contribution is 6.00. The van der Waals surface area contributed by atoms with Crippen LogP contribution in [0.25, 0.3) is 34.6 Å². The van der Waals surface area contributed by atoms with E-state index in [0.717, 1.165) is 19.3 Å². The lowest BCUT2D eigenvalue weighted by Crippen LogP contribution is -2.20. The van der Waals surface area contributed by atoms with Crippen molar-refractivity contribution in [2.45, 2.75) is 19.3 Å². The largest absolute Gasteiger partial charge is 0.120 e. The summed E-state index contributed by atoms with van der Waals surface area (Å²) in [5, 5.41) is 5.61. The van der Waals surface area contributed by atoms with Gasteiger partial charge in [-0.05, 0) is 81.0 Å². The molecule has 0 heterocycles. The maximum absolute atomic E-state index is 3.30. The van der Waals surface area contributed by atoms with Crippen LogP contribution in [0.1, 0.15) is 29.5 Å². The van der Waals surface area contributed by atoms with Gasteiger partial charge in [0.25, 0.3) is 0 Å². The summed E-state index contributed by atoms with van der Waals surface area (Å²) in [6.45, 7) is 0. The molecule has 0 amide bonds.